The quantitative estimate of drug-likeness (QED) is 0.528. The molecule has 0 spiro atoms. The maximum Gasteiger partial charge on any atom is 0.123 e. The number of aliphatic hydroxyl groups excluding tert-OH is 1. The Kier molecular flexibility index (Phi) is 5.25. The molecule has 4 N–H and O–H groups in total. The minimum atomic E-state index is -0.393. The molecule has 1 unspecified atom stereocenters. The Balaban J connectivity index is 2.74. The zero-order chi connectivity index (χ0) is 13.7. The molecular formula is C13H20FN3O. The molecule has 1 rings (SSSR count). The highest BCUT2D eigenvalue weighted by Gasteiger charge is 2.10. The van der Waals surface area contributed by atoms with E-state index >= 15 is 0 Å². The fraction of sp³-hybridized carbons (Fsp3) is 0.462. The number of nitrogens with one attached hydrogen (secondary N) is 1. The van der Waals surface area contributed by atoms with Crippen LogP contribution in [0.25, 0.3) is 0 Å². The van der Waals surface area contributed by atoms with Crippen molar-refractivity contribution < 1.29 is 9.50 Å². The smallest absolute Gasteiger partial charge is 0.123 e. The van der Waals surface area contributed by atoms with Gasteiger partial charge in [-0.05, 0) is 38.1 Å². The van der Waals surface area contributed by atoms with Crippen molar-refractivity contribution in [2.75, 3.05) is 13.6 Å². The molecule has 0 aliphatic rings. The van der Waals surface area contributed by atoms with Gasteiger partial charge >= 0.3 is 0 Å². The summed E-state index contributed by atoms with van der Waals surface area (Å²) in [5.41, 5.74) is 6.69. The number of nitrogens with two attached hydrogens (primary N) is 1. The largest absolute Gasteiger partial charge is 0.393 e. The van der Waals surface area contributed by atoms with Crippen LogP contribution in [0.5, 0.6) is 0 Å². The van der Waals surface area contributed by atoms with Crippen molar-refractivity contribution in [2.24, 2.45) is 5.73 Å². The maximum atomic E-state index is 13.1. The van der Waals surface area contributed by atoms with Gasteiger partial charge in [0.2, 0.25) is 0 Å². The summed E-state index contributed by atoms with van der Waals surface area (Å²) in [6.07, 6.45) is 0.334. The maximum absolute atomic E-state index is 13.1. The molecule has 1 atom stereocenters. The van der Waals surface area contributed by atoms with E-state index in [-0.39, 0.29) is 11.9 Å². The number of halogens is 1. The van der Waals surface area contributed by atoms with Crippen molar-refractivity contribution in [2.45, 2.75) is 26.0 Å². The molecule has 0 saturated heterocycles. The van der Waals surface area contributed by atoms with E-state index in [1.807, 2.05) is 11.9 Å². The third kappa shape index (κ3) is 4.43. The molecule has 0 fully saturated rings. The van der Waals surface area contributed by atoms with Gasteiger partial charge in [-0.2, -0.15) is 0 Å². The molecule has 0 aromatic heterocycles. The highest BCUT2D eigenvalue weighted by Crippen LogP contribution is 2.13. The number of amidine groups is 1. The van der Waals surface area contributed by atoms with Crippen molar-refractivity contribution in [3.05, 3.63) is 35.1 Å². The van der Waals surface area contributed by atoms with Crippen LogP contribution in [0.1, 0.15) is 24.5 Å². The third-order valence-electron chi connectivity index (χ3n) is 2.73. The summed E-state index contributed by atoms with van der Waals surface area (Å²) in [6, 6.07) is 4.29. The number of hydrogen-bond acceptors (Lipinski definition) is 3. The Bertz CT molecular complexity index is 421. The second-order valence-corrected chi connectivity index (χ2v) is 4.59. The molecule has 0 radical (unpaired) electrons. The molecule has 0 amide bonds. The molecular weight excluding hydrogens is 233 g/mol. The summed E-state index contributed by atoms with van der Waals surface area (Å²) >= 11 is 0. The summed E-state index contributed by atoms with van der Waals surface area (Å²) in [5, 5.41) is 16.7. The van der Waals surface area contributed by atoms with Gasteiger partial charge in [-0.15, -0.1) is 0 Å². The van der Waals surface area contributed by atoms with Crippen LogP contribution >= 0.6 is 0 Å². The molecule has 1 aromatic rings. The van der Waals surface area contributed by atoms with Crippen LogP contribution in [-0.4, -0.2) is 35.5 Å². The average Bonchev–Trinajstić information content (AvgIpc) is 2.28. The molecule has 0 aliphatic carbocycles. The van der Waals surface area contributed by atoms with Crippen LogP contribution in [0.4, 0.5) is 4.39 Å². The van der Waals surface area contributed by atoms with E-state index in [9.17, 15) is 9.50 Å². The van der Waals surface area contributed by atoms with Gasteiger partial charge in [-0.25, -0.2) is 4.39 Å². The summed E-state index contributed by atoms with van der Waals surface area (Å²) in [4.78, 5) is 2.01. The van der Waals surface area contributed by atoms with E-state index in [0.717, 1.165) is 12.1 Å². The number of benzene rings is 1. The topological polar surface area (TPSA) is 73.3 Å². The molecule has 0 saturated carbocycles. The fourth-order valence-electron chi connectivity index (χ4n) is 1.71. The van der Waals surface area contributed by atoms with Crippen molar-refractivity contribution in [1.82, 2.24) is 4.90 Å². The van der Waals surface area contributed by atoms with E-state index < -0.39 is 5.82 Å². The molecule has 0 bridgehead atoms. The van der Waals surface area contributed by atoms with Crippen molar-refractivity contribution in [3.8, 4) is 0 Å². The number of aliphatic hydroxyl groups is 1. The van der Waals surface area contributed by atoms with E-state index in [1.54, 1.807) is 13.0 Å². The SMILES string of the molecule is CC(O)CCN(C)Cc1ccc(F)cc1C(=N)N. The molecule has 100 valence electrons. The van der Waals surface area contributed by atoms with Crippen LogP contribution in [0.3, 0.4) is 0 Å². The van der Waals surface area contributed by atoms with E-state index in [4.69, 9.17) is 11.1 Å². The molecule has 18 heavy (non-hydrogen) atoms. The van der Waals surface area contributed by atoms with Crippen LogP contribution in [0, 0.1) is 11.2 Å². The first-order valence-corrected chi connectivity index (χ1v) is 5.89. The van der Waals surface area contributed by atoms with Gasteiger partial charge < -0.3 is 15.7 Å². The lowest BCUT2D eigenvalue weighted by Gasteiger charge is -2.19. The highest BCUT2D eigenvalue weighted by molar-refractivity contribution is 5.96. The second kappa shape index (κ2) is 6.47. The van der Waals surface area contributed by atoms with Gasteiger partial charge in [0.05, 0.1) is 6.10 Å². The summed E-state index contributed by atoms with van der Waals surface area (Å²) in [6.45, 7) is 3.04. The molecule has 1 aromatic carbocycles. The average molecular weight is 253 g/mol. The molecule has 4 nitrogen and oxygen atoms in total. The Hall–Kier alpha value is -1.46. The predicted molar refractivity (Wildman–Crippen MR) is 70.0 cm³/mol. The first kappa shape index (κ1) is 14.6. The fourth-order valence-corrected chi connectivity index (χ4v) is 1.71. The van der Waals surface area contributed by atoms with E-state index in [2.05, 4.69) is 0 Å². The predicted octanol–water partition coefficient (Wildman–Crippen LogP) is 1.31. The molecule has 0 aliphatic heterocycles. The van der Waals surface area contributed by atoms with Gasteiger partial charge in [-0.3, -0.25) is 5.41 Å². The minimum absolute atomic E-state index is 0.131. The lowest BCUT2D eigenvalue weighted by molar-refractivity contribution is 0.163. The number of nitrogens with zero attached hydrogens (tertiary/aromatic N) is 1. The Morgan fingerprint density at radius 1 is 1.56 bits per heavy atom. The molecule has 5 heteroatoms. The number of hydrogen-bond donors (Lipinski definition) is 3. The summed E-state index contributed by atoms with van der Waals surface area (Å²) < 4.78 is 13.1. The van der Waals surface area contributed by atoms with E-state index in [0.29, 0.717) is 18.5 Å². The minimum Gasteiger partial charge on any atom is -0.393 e. The normalized spacial score (nSPS) is 12.7. The van der Waals surface area contributed by atoms with Crippen molar-refractivity contribution >= 4 is 5.84 Å². The number of nitrogen functional groups attached to an aromatic ring is 1. The van der Waals surface area contributed by atoms with E-state index in [1.165, 1.54) is 12.1 Å². The van der Waals surface area contributed by atoms with Crippen LogP contribution in [0.2, 0.25) is 0 Å². The second-order valence-electron chi connectivity index (χ2n) is 4.59. The van der Waals surface area contributed by atoms with Crippen molar-refractivity contribution in [1.29, 1.82) is 5.41 Å². The van der Waals surface area contributed by atoms with Gasteiger partial charge in [0, 0.05) is 18.7 Å². The van der Waals surface area contributed by atoms with Gasteiger partial charge in [0.1, 0.15) is 11.7 Å². The van der Waals surface area contributed by atoms with Crippen LogP contribution < -0.4 is 5.73 Å². The first-order chi connectivity index (χ1) is 8.40. The lowest BCUT2D eigenvalue weighted by atomic mass is 10.1. The zero-order valence-corrected chi connectivity index (χ0v) is 10.8. The van der Waals surface area contributed by atoms with Gasteiger partial charge in [0.25, 0.3) is 0 Å². The Morgan fingerprint density at radius 3 is 2.78 bits per heavy atom. The number of rotatable bonds is 6. The van der Waals surface area contributed by atoms with Crippen LogP contribution in [-0.2, 0) is 6.54 Å². The van der Waals surface area contributed by atoms with Gasteiger partial charge in [0.15, 0.2) is 0 Å². The van der Waals surface area contributed by atoms with Crippen LogP contribution in [0.15, 0.2) is 18.2 Å². The third-order valence-corrected chi connectivity index (χ3v) is 2.73. The zero-order valence-electron chi connectivity index (χ0n) is 10.8. The highest BCUT2D eigenvalue weighted by atomic mass is 19.1. The summed E-state index contributed by atoms with van der Waals surface area (Å²) in [5.74, 6) is -0.524. The van der Waals surface area contributed by atoms with Crippen molar-refractivity contribution in [3.63, 3.8) is 0 Å². The van der Waals surface area contributed by atoms with Gasteiger partial charge in [-0.1, -0.05) is 6.07 Å². The first-order valence-electron chi connectivity index (χ1n) is 5.89. The molecule has 0 heterocycles. The lowest BCUT2D eigenvalue weighted by Crippen LogP contribution is -2.24. The monoisotopic (exact) mass is 253 g/mol. The standard InChI is InChI=1S/C13H20FN3O/c1-9(18)5-6-17(2)8-10-3-4-11(14)7-12(10)13(15)16/h3-4,7,9,18H,5-6,8H2,1-2H3,(H3,15,16). The Morgan fingerprint density at radius 2 is 2.22 bits per heavy atom. The Labute approximate surface area is 107 Å². The summed E-state index contributed by atoms with van der Waals surface area (Å²) in [7, 11) is 1.91.